The fourth-order valence-electron chi connectivity index (χ4n) is 2.13. The van der Waals surface area contributed by atoms with Gasteiger partial charge in [0, 0.05) is 37.3 Å². The molecule has 0 bridgehead atoms. The number of fused-ring (bicyclic) bond motifs is 1. The van der Waals surface area contributed by atoms with Gasteiger partial charge < -0.3 is 15.4 Å². The maximum absolute atomic E-state index is 12.1. The van der Waals surface area contributed by atoms with Crippen LogP contribution in [0, 0.1) is 0 Å². The van der Waals surface area contributed by atoms with E-state index in [1.54, 1.807) is 25.4 Å². The molecule has 0 fully saturated rings. The molecular formula is C15H18N6O2S. The standard InChI is InChI=1S/C15H18N6O2S/c1-3-4-6-20(2)15(22)23-10-8-11(16)21-12(9-10)18-13(19-21)14-17-5-7-24-14/h5,7-9H,3-4,6,16H2,1-2H3. The molecule has 1 amide bonds. The molecule has 0 saturated heterocycles. The smallest absolute Gasteiger partial charge is 0.410 e. The zero-order valence-corrected chi connectivity index (χ0v) is 14.3. The topological polar surface area (TPSA) is 98.6 Å². The number of thiazole rings is 1. The molecule has 3 rings (SSSR count). The van der Waals surface area contributed by atoms with Gasteiger partial charge in [-0.25, -0.2) is 14.8 Å². The summed E-state index contributed by atoms with van der Waals surface area (Å²) < 4.78 is 6.87. The molecule has 3 heterocycles. The summed E-state index contributed by atoms with van der Waals surface area (Å²) in [6.07, 6.45) is 3.20. The van der Waals surface area contributed by atoms with Gasteiger partial charge in [0.05, 0.1) is 0 Å². The van der Waals surface area contributed by atoms with Crippen molar-refractivity contribution in [1.29, 1.82) is 0 Å². The third-order valence-electron chi connectivity index (χ3n) is 3.43. The minimum absolute atomic E-state index is 0.335. The lowest BCUT2D eigenvalue weighted by Gasteiger charge is -2.16. The highest BCUT2D eigenvalue weighted by Gasteiger charge is 2.15. The monoisotopic (exact) mass is 346 g/mol. The van der Waals surface area contributed by atoms with Gasteiger partial charge in [0.25, 0.3) is 0 Å². The lowest BCUT2D eigenvalue weighted by atomic mass is 10.3. The minimum atomic E-state index is -0.424. The molecule has 0 unspecified atom stereocenters. The first kappa shape index (κ1) is 16.2. The zero-order valence-electron chi connectivity index (χ0n) is 13.5. The normalized spacial score (nSPS) is 10.9. The van der Waals surface area contributed by atoms with Crippen LogP contribution in [0.3, 0.4) is 0 Å². The molecule has 0 radical (unpaired) electrons. The number of carbonyl (C=O) groups is 1. The lowest BCUT2D eigenvalue weighted by Crippen LogP contribution is -2.30. The predicted molar refractivity (Wildman–Crippen MR) is 92.1 cm³/mol. The van der Waals surface area contributed by atoms with Gasteiger partial charge in [-0.3, -0.25) is 0 Å². The minimum Gasteiger partial charge on any atom is -0.410 e. The van der Waals surface area contributed by atoms with Gasteiger partial charge in [-0.15, -0.1) is 16.4 Å². The lowest BCUT2D eigenvalue weighted by molar-refractivity contribution is 0.162. The second-order valence-electron chi connectivity index (χ2n) is 5.30. The Bertz CT molecular complexity index is 845. The van der Waals surface area contributed by atoms with E-state index in [0.29, 0.717) is 34.6 Å². The number of amides is 1. The highest BCUT2D eigenvalue weighted by Crippen LogP contribution is 2.23. The fourth-order valence-corrected chi connectivity index (χ4v) is 2.70. The van der Waals surface area contributed by atoms with Crippen LogP contribution in [0.25, 0.3) is 16.5 Å². The molecule has 0 aliphatic heterocycles. The third-order valence-corrected chi connectivity index (χ3v) is 4.19. The number of hydrogen-bond donors (Lipinski definition) is 1. The summed E-state index contributed by atoms with van der Waals surface area (Å²) in [5.74, 6) is 1.16. The van der Waals surface area contributed by atoms with E-state index in [9.17, 15) is 4.79 Å². The van der Waals surface area contributed by atoms with E-state index >= 15 is 0 Å². The summed E-state index contributed by atoms with van der Waals surface area (Å²) in [6, 6.07) is 3.19. The van der Waals surface area contributed by atoms with Crippen LogP contribution >= 0.6 is 11.3 Å². The van der Waals surface area contributed by atoms with Gasteiger partial charge in [0.1, 0.15) is 11.6 Å². The van der Waals surface area contributed by atoms with Gasteiger partial charge in [0.2, 0.25) is 5.82 Å². The highest BCUT2D eigenvalue weighted by molar-refractivity contribution is 7.13. The number of anilines is 1. The van der Waals surface area contributed by atoms with Gasteiger partial charge in [-0.05, 0) is 6.42 Å². The molecule has 126 valence electrons. The molecule has 0 aromatic carbocycles. The Balaban J connectivity index is 1.84. The number of ether oxygens (including phenoxy) is 1. The van der Waals surface area contributed by atoms with E-state index in [2.05, 4.69) is 22.0 Å². The number of carbonyl (C=O) groups excluding carboxylic acids is 1. The van der Waals surface area contributed by atoms with Crippen molar-refractivity contribution < 1.29 is 9.53 Å². The Labute approximate surface area is 142 Å². The molecule has 0 aliphatic carbocycles. The van der Waals surface area contributed by atoms with Crippen molar-refractivity contribution in [1.82, 2.24) is 24.5 Å². The quantitative estimate of drug-likeness (QED) is 0.762. The molecule has 0 atom stereocenters. The number of aromatic nitrogens is 4. The van der Waals surface area contributed by atoms with Crippen LogP contribution in [-0.2, 0) is 0 Å². The Hall–Kier alpha value is -2.68. The van der Waals surface area contributed by atoms with Crippen LogP contribution in [0.15, 0.2) is 23.7 Å². The SMILES string of the molecule is CCCCN(C)C(=O)Oc1cc(N)n2nc(-c3nccs3)nc2c1. The average molecular weight is 346 g/mol. The van der Waals surface area contributed by atoms with Crippen LogP contribution in [-0.4, -0.2) is 44.2 Å². The maximum Gasteiger partial charge on any atom is 0.414 e. The van der Waals surface area contributed by atoms with E-state index in [0.717, 1.165) is 12.8 Å². The summed E-state index contributed by atoms with van der Waals surface area (Å²) in [5, 5.41) is 6.88. The highest BCUT2D eigenvalue weighted by atomic mass is 32.1. The molecule has 24 heavy (non-hydrogen) atoms. The number of rotatable bonds is 5. The Morgan fingerprint density at radius 3 is 3.00 bits per heavy atom. The van der Waals surface area contributed by atoms with E-state index in [1.165, 1.54) is 20.8 Å². The van der Waals surface area contributed by atoms with E-state index in [1.807, 2.05) is 5.38 Å². The van der Waals surface area contributed by atoms with Crippen LogP contribution < -0.4 is 10.5 Å². The Kier molecular flexibility index (Phi) is 4.61. The van der Waals surface area contributed by atoms with E-state index in [-0.39, 0.29) is 0 Å². The molecule has 3 aromatic rings. The fraction of sp³-hybridized carbons (Fsp3) is 0.333. The second-order valence-corrected chi connectivity index (χ2v) is 6.20. The number of pyridine rings is 1. The van der Waals surface area contributed by atoms with Crippen molar-refractivity contribution >= 4 is 28.9 Å². The maximum atomic E-state index is 12.1. The molecular weight excluding hydrogens is 328 g/mol. The number of nitrogens with two attached hydrogens (primary N) is 1. The summed E-state index contributed by atoms with van der Waals surface area (Å²) in [6.45, 7) is 2.71. The molecule has 8 nitrogen and oxygen atoms in total. The van der Waals surface area contributed by atoms with Crippen LogP contribution in [0.1, 0.15) is 19.8 Å². The van der Waals surface area contributed by atoms with Gasteiger partial charge in [-0.1, -0.05) is 13.3 Å². The van der Waals surface area contributed by atoms with E-state index < -0.39 is 6.09 Å². The summed E-state index contributed by atoms with van der Waals surface area (Å²) >= 11 is 1.44. The van der Waals surface area contributed by atoms with Crippen LogP contribution in [0.4, 0.5) is 10.6 Å². The molecule has 3 aromatic heterocycles. The number of nitrogens with zero attached hydrogens (tertiary/aromatic N) is 5. The average Bonchev–Trinajstić information content (AvgIpc) is 3.21. The van der Waals surface area contributed by atoms with Crippen molar-refractivity contribution in [3.8, 4) is 16.6 Å². The zero-order chi connectivity index (χ0) is 17.1. The molecule has 0 saturated carbocycles. The van der Waals surface area contributed by atoms with Crippen molar-refractivity contribution in [3.63, 3.8) is 0 Å². The first-order valence-electron chi connectivity index (χ1n) is 7.57. The number of nitrogen functional groups attached to an aromatic ring is 1. The summed E-state index contributed by atoms with van der Waals surface area (Å²) in [5.41, 5.74) is 6.49. The van der Waals surface area contributed by atoms with Crippen LogP contribution in [0.2, 0.25) is 0 Å². The predicted octanol–water partition coefficient (Wildman–Crippen LogP) is 2.67. The number of unbranched alkanes of at least 4 members (excludes halogenated alkanes) is 1. The van der Waals surface area contributed by atoms with Crippen molar-refractivity contribution in [2.24, 2.45) is 0 Å². The van der Waals surface area contributed by atoms with Gasteiger partial charge in [-0.2, -0.15) is 4.52 Å². The van der Waals surface area contributed by atoms with Crippen molar-refractivity contribution in [2.45, 2.75) is 19.8 Å². The first-order chi connectivity index (χ1) is 11.6. The second kappa shape index (κ2) is 6.83. The number of hydrogen-bond acceptors (Lipinski definition) is 7. The Morgan fingerprint density at radius 1 is 1.46 bits per heavy atom. The van der Waals surface area contributed by atoms with Crippen LogP contribution in [0.5, 0.6) is 5.75 Å². The molecule has 2 N–H and O–H groups in total. The third kappa shape index (κ3) is 3.30. The summed E-state index contributed by atoms with van der Waals surface area (Å²) in [7, 11) is 1.71. The van der Waals surface area contributed by atoms with E-state index in [4.69, 9.17) is 10.5 Å². The largest absolute Gasteiger partial charge is 0.414 e. The molecule has 0 aliphatic rings. The Morgan fingerprint density at radius 2 is 2.29 bits per heavy atom. The van der Waals surface area contributed by atoms with Crippen molar-refractivity contribution in [2.75, 3.05) is 19.3 Å². The summed E-state index contributed by atoms with van der Waals surface area (Å²) in [4.78, 5) is 22.2. The molecule has 9 heteroatoms. The first-order valence-corrected chi connectivity index (χ1v) is 8.45. The van der Waals surface area contributed by atoms with Gasteiger partial charge in [0.15, 0.2) is 10.7 Å². The molecule has 0 spiro atoms. The van der Waals surface area contributed by atoms with Gasteiger partial charge >= 0.3 is 6.09 Å². The van der Waals surface area contributed by atoms with Crippen molar-refractivity contribution in [3.05, 3.63) is 23.7 Å².